The highest BCUT2D eigenvalue weighted by Gasteiger charge is 2.25. The summed E-state index contributed by atoms with van der Waals surface area (Å²) in [5.41, 5.74) is 0. The summed E-state index contributed by atoms with van der Waals surface area (Å²) in [7, 11) is 0. The highest BCUT2D eigenvalue weighted by Crippen LogP contribution is 2.23. The average molecular weight is 337 g/mol. The van der Waals surface area contributed by atoms with Crippen LogP contribution in [0.25, 0.3) is 0 Å². The third kappa shape index (κ3) is 4.92. The Hall–Kier alpha value is -0.290. The molecule has 2 rings (SSSR count). The first kappa shape index (κ1) is 17.8. The van der Waals surface area contributed by atoms with Crippen LogP contribution in [0.15, 0.2) is 12.1 Å². The van der Waals surface area contributed by atoms with Crippen molar-refractivity contribution in [2.45, 2.75) is 38.6 Å². The summed E-state index contributed by atoms with van der Waals surface area (Å²) in [6.45, 7) is 4.97. The summed E-state index contributed by atoms with van der Waals surface area (Å²) in [6, 6.07) is 4.30. The van der Waals surface area contributed by atoms with Gasteiger partial charge < -0.3 is 10.2 Å². The quantitative estimate of drug-likeness (QED) is 0.863. The van der Waals surface area contributed by atoms with E-state index in [-0.39, 0.29) is 18.3 Å². The van der Waals surface area contributed by atoms with E-state index in [4.69, 9.17) is 11.6 Å². The number of nitrogens with one attached hydrogen (secondary N) is 1. The standard InChI is InChI=1S/C14H21ClN2OS.ClH/c1-2-9-17(11-7-8-16-10-11)14(18)6-4-12-3-5-13(15)19-12;/h3,5,11,16H,2,4,6-10H2,1H3;1H. The lowest BCUT2D eigenvalue weighted by atomic mass is 10.1. The van der Waals surface area contributed by atoms with E-state index in [2.05, 4.69) is 17.1 Å². The topological polar surface area (TPSA) is 32.3 Å². The number of halogens is 2. The van der Waals surface area contributed by atoms with Gasteiger partial charge in [0, 0.05) is 30.4 Å². The average Bonchev–Trinajstić information content (AvgIpc) is 3.04. The maximum Gasteiger partial charge on any atom is 0.223 e. The van der Waals surface area contributed by atoms with Crippen LogP contribution in [-0.4, -0.2) is 36.5 Å². The Morgan fingerprint density at radius 3 is 2.90 bits per heavy atom. The van der Waals surface area contributed by atoms with Crippen molar-refractivity contribution in [2.24, 2.45) is 0 Å². The molecule has 1 fully saturated rings. The zero-order valence-corrected chi connectivity index (χ0v) is 14.1. The molecule has 6 heteroatoms. The lowest BCUT2D eigenvalue weighted by Gasteiger charge is -2.28. The van der Waals surface area contributed by atoms with Crippen LogP contribution in [0.4, 0.5) is 0 Å². The monoisotopic (exact) mass is 336 g/mol. The fraction of sp³-hybridized carbons (Fsp3) is 0.643. The Bertz CT molecular complexity index is 419. The van der Waals surface area contributed by atoms with Gasteiger partial charge in [0.25, 0.3) is 0 Å². The van der Waals surface area contributed by atoms with E-state index in [0.717, 1.165) is 43.2 Å². The third-order valence-electron chi connectivity index (χ3n) is 3.47. The van der Waals surface area contributed by atoms with E-state index in [0.29, 0.717) is 12.5 Å². The maximum absolute atomic E-state index is 12.4. The van der Waals surface area contributed by atoms with Crippen LogP contribution in [0.3, 0.4) is 0 Å². The van der Waals surface area contributed by atoms with Gasteiger partial charge in [0.15, 0.2) is 0 Å². The van der Waals surface area contributed by atoms with Crippen molar-refractivity contribution >= 4 is 41.3 Å². The number of hydrogen-bond donors (Lipinski definition) is 1. The van der Waals surface area contributed by atoms with Crippen molar-refractivity contribution < 1.29 is 4.79 Å². The highest BCUT2D eigenvalue weighted by atomic mass is 35.5. The molecule has 0 bridgehead atoms. The molecule has 0 aliphatic carbocycles. The van der Waals surface area contributed by atoms with Gasteiger partial charge in [-0.15, -0.1) is 23.7 Å². The fourth-order valence-corrected chi connectivity index (χ4v) is 3.60. The van der Waals surface area contributed by atoms with Gasteiger partial charge in [-0.1, -0.05) is 18.5 Å². The summed E-state index contributed by atoms with van der Waals surface area (Å²) in [5, 5.41) is 3.33. The van der Waals surface area contributed by atoms with Crippen LogP contribution >= 0.6 is 35.3 Å². The van der Waals surface area contributed by atoms with Crippen LogP contribution in [0.5, 0.6) is 0 Å². The van der Waals surface area contributed by atoms with E-state index in [9.17, 15) is 4.79 Å². The molecule has 20 heavy (non-hydrogen) atoms. The Kier molecular flexibility index (Phi) is 7.88. The molecule has 1 aromatic rings. The molecule has 0 aromatic carbocycles. The number of nitrogens with zero attached hydrogens (tertiary/aromatic N) is 1. The first-order valence-electron chi connectivity index (χ1n) is 6.95. The molecule has 1 unspecified atom stereocenters. The van der Waals surface area contributed by atoms with Crippen molar-refractivity contribution in [3.63, 3.8) is 0 Å². The predicted molar refractivity (Wildman–Crippen MR) is 88.2 cm³/mol. The van der Waals surface area contributed by atoms with Crippen LogP contribution in [-0.2, 0) is 11.2 Å². The van der Waals surface area contributed by atoms with E-state index >= 15 is 0 Å². The molecule has 1 aromatic heterocycles. The molecular formula is C14H22Cl2N2OS. The minimum absolute atomic E-state index is 0. The SMILES string of the molecule is CCCN(C(=O)CCc1ccc(Cl)s1)C1CCNC1.Cl. The van der Waals surface area contributed by atoms with E-state index in [1.54, 1.807) is 11.3 Å². The minimum atomic E-state index is 0. The van der Waals surface area contributed by atoms with Crippen molar-refractivity contribution in [3.05, 3.63) is 21.3 Å². The largest absolute Gasteiger partial charge is 0.338 e. The predicted octanol–water partition coefficient (Wildman–Crippen LogP) is 3.36. The molecule has 1 aliphatic heterocycles. The Labute approximate surface area is 136 Å². The Balaban J connectivity index is 0.00000200. The Morgan fingerprint density at radius 1 is 1.55 bits per heavy atom. The molecule has 0 spiro atoms. The zero-order chi connectivity index (χ0) is 13.7. The second-order valence-electron chi connectivity index (χ2n) is 4.94. The second kappa shape index (κ2) is 8.88. The van der Waals surface area contributed by atoms with Gasteiger partial charge in [-0.05, 0) is 37.9 Å². The van der Waals surface area contributed by atoms with Gasteiger partial charge in [0.2, 0.25) is 5.91 Å². The summed E-state index contributed by atoms with van der Waals surface area (Å²) < 4.78 is 0.799. The van der Waals surface area contributed by atoms with Gasteiger partial charge >= 0.3 is 0 Å². The number of thiophene rings is 1. The molecule has 0 saturated carbocycles. The van der Waals surface area contributed by atoms with Crippen LogP contribution in [0, 0.1) is 0 Å². The smallest absolute Gasteiger partial charge is 0.223 e. The van der Waals surface area contributed by atoms with Crippen LogP contribution < -0.4 is 5.32 Å². The normalized spacial score (nSPS) is 17.8. The lowest BCUT2D eigenvalue weighted by molar-refractivity contribution is -0.133. The summed E-state index contributed by atoms with van der Waals surface area (Å²) >= 11 is 7.48. The van der Waals surface area contributed by atoms with E-state index in [1.807, 2.05) is 12.1 Å². The van der Waals surface area contributed by atoms with Crippen LogP contribution in [0.2, 0.25) is 4.34 Å². The molecule has 1 N–H and O–H groups in total. The van der Waals surface area contributed by atoms with Gasteiger partial charge in [0.05, 0.1) is 4.34 Å². The second-order valence-corrected chi connectivity index (χ2v) is 6.74. The highest BCUT2D eigenvalue weighted by molar-refractivity contribution is 7.16. The van der Waals surface area contributed by atoms with E-state index in [1.165, 1.54) is 4.88 Å². The lowest BCUT2D eigenvalue weighted by Crippen LogP contribution is -2.42. The van der Waals surface area contributed by atoms with Gasteiger partial charge in [-0.25, -0.2) is 0 Å². The number of hydrogen-bond acceptors (Lipinski definition) is 3. The zero-order valence-electron chi connectivity index (χ0n) is 11.7. The van der Waals surface area contributed by atoms with E-state index < -0.39 is 0 Å². The maximum atomic E-state index is 12.4. The number of aryl methyl sites for hydroxylation is 1. The molecule has 1 aliphatic rings. The number of amides is 1. The molecule has 2 heterocycles. The van der Waals surface area contributed by atoms with Gasteiger partial charge in [0.1, 0.15) is 0 Å². The molecule has 1 atom stereocenters. The fourth-order valence-electron chi connectivity index (χ4n) is 2.52. The molecular weight excluding hydrogens is 315 g/mol. The molecule has 1 saturated heterocycles. The van der Waals surface area contributed by atoms with Gasteiger partial charge in [-0.3, -0.25) is 4.79 Å². The molecule has 1 amide bonds. The van der Waals surface area contributed by atoms with Gasteiger partial charge in [-0.2, -0.15) is 0 Å². The number of rotatable bonds is 6. The molecule has 114 valence electrons. The van der Waals surface area contributed by atoms with Crippen molar-refractivity contribution in [2.75, 3.05) is 19.6 Å². The summed E-state index contributed by atoms with van der Waals surface area (Å²) in [5.74, 6) is 0.278. The summed E-state index contributed by atoms with van der Waals surface area (Å²) in [6.07, 6.45) is 3.49. The Morgan fingerprint density at radius 2 is 2.35 bits per heavy atom. The summed E-state index contributed by atoms with van der Waals surface area (Å²) in [4.78, 5) is 15.6. The number of carbonyl (C=O) groups excluding carboxylic acids is 1. The molecule has 0 radical (unpaired) electrons. The first-order valence-corrected chi connectivity index (χ1v) is 8.14. The van der Waals surface area contributed by atoms with Crippen molar-refractivity contribution in [1.82, 2.24) is 10.2 Å². The third-order valence-corrected chi connectivity index (χ3v) is 4.76. The minimum Gasteiger partial charge on any atom is -0.338 e. The number of carbonyl (C=O) groups is 1. The van der Waals surface area contributed by atoms with Crippen molar-refractivity contribution in [1.29, 1.82) is 0 Å². The van der Waals surface area contributed by atoms with Crippen LogP contribution in [0.1, 0.15) is 31.1 Å². The first-order chi connectivity index (χ1) is 9.20. The van der Waals surface area contributed by atoms with Crippen molar-refractivity contribution in [3.8, 4) is 0 Å². The molecule has 3 nitrogen and oxygen atoms in total.